The first kappa shape index (κ1) is 26.1. The summed E-state index contributed by atoms with van der Waals surface area (Å²) in [5.74, 6) is 0. The second-order valence-corrected chi connectivity index (χ2v) is 24.0. The Bertz CT molecular complexity index is 712. The molecule has 0 radical (unpaired) electrons. The van der Waals surface area contributed by atoms with Crippen molar-refractivity contribution in [2.45, 2.75) is 55.4 Å². The molecule has 0 spiro atoms. The fourth-order valence-electron chi connectivity index (χ4n) is 3.02. The van der Waals surface area contributed by atoms with Gasteiger partial charge in [-0.3, -0.25) is 0 Å². The van der Waals surface area contributed by atoms with Crippen molar-refractivity contribution in [3.63, 3.8) is 0 Å². The molecule has 0 aliphatic heterocycles. The van der Waals surface area contributed by atoms with E-state index in [4.69, 9.17) is 23.2 Å². The van der Waals surface area contributed by atoms with Crippen molar-refractivity contribution in [2.24, 2.45) is 0 Å². The van der Waals surface area contributed by atoms with Gasteiger partial charge in [0, 0.05) is 0 Å². The van der Waals surface area contributed by atoms with Gasteiger partial charge in [-0.25, -0.2) is 0 Å². The van der Waals surface area contributed by atoms with E-state index >= 15 is 0 Å². The van der Waals surface area contributed by atoms with Crippen molar-refractivity contribution in [1.82, 2.24) is 0 Å². The van der Waals surface area contributed by atoms with E-state index in [1.165, 1.54) is 48.0 Å². The second-order valence-electron chi connectivity index (χ2n) is 7.27. The zero-order chi connectivity index (χ0) is 21.1. The van der Waals surface area contributed by atoms with Crippen LogP contribution in [0.25, 0.3) is 0 Å². The third-order valence-electron chi connectivity index (χ3n) is 4.75. The standard InChI is InChI=1S/C23H31Cl2PSSe2/c1-3-4-5-18-29-19(2)27-26(28,16-14-20-6-10-22(24)11-7-20)17-15-21-8-12-23(25)13-9-21/h6-13,19H,3-5,14-18H2,1-2H3. The van der Waals surface area contributed by atoms with Crippen molar-refractivity contribution in [3.8, 4) is 0 Å². The van der Waals surface area contributed by atoms with Gasteiger partial charge in [-0.15, -0.1) is 0 Å². The minimum absolute atomic E-state index is 0.732. The van der Waals surface area contributed by atoms with Crippen LogP contribution in [0.4, 0.5) is 0 Å². The van der Waals surface area contributed by atoms with E-state index in [-0.39, 0.29) is 0 Å². The van der Waals surface area contributed by atoms with Crippen LogP contribution in [0.15, 0.2) is 48.5 Å². The number of hydrogen-bond acceptors (Lipinski definition) is 1. The van der Waals surface area contributed by atoms with Gasteiger partial charge in [0.2, 0.25) is 0 Å². The average molecular weight is 599 g/mol. The van der Waals surface area contributed by atoms with E-state index in [1.807, 2.05) is 24.3 Å². The molecule has 0 N–H and O–H groups in total. The quantitative estimate of drug-likeness (QED) is 0.127. The monoisotopic (exact) mass is 600 g/mol. The fourth-order valence-corrected chi connectivity index (χ4v) is 20.8. The summed E-state index contributed by atoms with van der Waals surface area (Å²) < 4.78 is -0.413. The Labute approximate surface area is 205 Å². The molecule has 0 aliphatic rings. The van der Waals surface area contributed by atoms with Gasteiger partial charge < -0.3 is 0 Å². The van der Waals surface area contributed by atoms with Crippen molar-refractivity contribution in [3.05, 3.63) is 69.7 Å². The maximum absolute atomic E-state index is 6.06. The molecular formula is C23H31Cl2PSSe2. The van der Waals surface area contributed by atoms with E-state index in [0.717, 1.165) is 42.0 Å². The summed E-state index contributed by atoms with van der Waals surface area (Å²) in [6.07, 6.45) is 8.85. The van der Waals surface area contributed by atoms with Gasteiger partial charge in [-0.1, -0.05) is 0 Å². The van der Waals surface area contributed by atoms with Crippen LogP contribution in [0.3, 0.4) is 0 Å². The van der Waals surface area contributed by atoms with Gasteiger partial charge in [0.05, 0.1) is 0 Å². The summed E-state index contributed by atoms with van der Waals surface area (Å²) in [7, 11) is 0. The molecule has 1 atom stereocenters. The van der Waals surface area contributed by atoms with Gasteiger partial charge in [0.25, 0.3) is 0 Å². The Balaban J connectivity index is 1.98. The Morgan fingerprint density at radius 1 is 0.897 bits per heavy atom. The molecular weight excluding hydrogens is 568 g/mol. The molecule has 0 aromatic heterocycles. The Kier molecular flexibility index (Phi) is 12.7. The van der Waals surface area contributed by atoms with Crippen LogP contribution < -0.4 is 0 Å². The molecule has 0 fully saturated rings. The average Bonchev–Trinajstić information content (AvgIpc) is 2.70. The first-order valence-corrected chi connectivity index (χ1v) is 19.1. The first-order chi connectivity index (χ1) is 13.9. The molecule has 2 aromatic carbocycles. The maximum atomic E-state index is 6.06. The zero-order valence-electron chi connectivity index (χ0n) is 17.3. The van der Waals surface area contributed by atoms with Crippen molar-refractivity contribution >= 4 is 69.3 Å². The molecule has 0 aliphatic carbocycles. The molecule has 160 valence electrons. The summed E-state index contributed by atoms with van der Waals surface area (Å²) >= 11 is 18.8. The van der Waals surface area contributed by atoms with Crippen LogP contribution in [-0.4, -0.2) is 46.5 Å². The minimum atomic E-state index is -1.19. The molecule has 29 heavy (non-hydrogen) atoms. The SMILES string of the molecule is CCCCC[Se]C(C)SP(=[Se])(CCc1ccc(Cl)cc1)CCc1ccc(Cl)cc1. The predicted octanol–water partition coefficient (Wildman–Crippen LogP) is 8.19. The summed E-state index contributed by atoms with van der Waals surface area (Å²) in [6.45, 7) is 4.74. The molecule has 0 bridgehead atoms. The van der Waals surface area contributed by atoms with Crippen LogP contribution in [0, 0.1) is 0 Å². The second kappa shape index (κ2) is 14.1. The Morgan fingerprint density at radius 2 is 1.38 bits per heavy atom. The molecule has 0 saturated heterocycles. The molecule has 0 amide bonds. The molecule has 1 unspecified atom stereocenters. The van der Waals surface area contributed by atoms with Crippen LogP contribution in [0.2, 0.25) is 15.4 Å². The third kappa shape index (κ3) is 10.8. The van der Waals surface area contributed by atoms with E-state index in [2.05, 4.69) is 64.6 Å². The van der Waals surface area contributed by atoms with E-state index in [9.17, 15) is 0 Å². The summed E-state index contributed by atoms with van der Waals surface area (Å²) in [6, 6.07) is 16.7. The molecule has 6 heteroatoms. The molecule has 0 saturated carbocycles. The number of unbranched alkanes of at least 4 members (excludes halogenated alkanes) is 2. The first-order valence-electron chi connectivity index (χ1n) is 10.3. The molecule has 0 nitrogen and oxygen atoms in total. The topological polar surface area (TPSA) is 0 Å². The Morgan fingerprint density at radius 3 is 1.83 bits per heavy atom. The summed E-state index contributed by atoms with van der Waals surface area (Å²) in [5, 5.41) is 3.06. The Hall–Kier alpha value is 0.839. The molecule has 2 rings (SSSR count). The van der Waals surface area contributed by atoms with Gasteiger partial charge in [0.1, 0.15) is 0 Å². The van der Waals surface area contributed by atoms with Crippen molar-refractivity contribution in [2.75, 3.05) is 12.3 Å². The van der Waals surface area contributed by atoms with Crippen molar-refractivity contribution < 1.29 is 0 Å². The number of hydrogen-bond donors (Lipinski definition) is 0. The van der Waals surface area contributed by atoms with E-state index in [0.29, 0.717) is 0 Å². The van der Waals surface area contributed by atoms with Crippen molar-refractivity contribution in [1.29, 1.82) is 0 Å². The van der Waals surface area contributed by atoms with Gasteiger partial charge in [-0.05, 0) is 0 Å². The predicted molar refractivity (Wildman–Crippen MR) is 140 cm³/mol. The zero-order valence-corrected chi connectivity index (χ0v) is 23.9. The molecule has 2 aromatic rings. The normalized spacial score (nSPS) is 12.8. The summed E-state index contributed by atoms with van der Waals surface area (Å²) in [4.78, 5) is 0. The molecule has 0 heterocycles. The summed E-state index contributed by atoms with van der Waals surface area (Å²) in [5.41, 5.74) is 2.78. The number of halogens is 2. The van der Waals surface area contributed by atoms with Crippen LogP contribution >= 0.6 is 39.3 Å². The van der Waals surface area contributed by atoms with Crippen LogP contribution in [0.5, 0.6) is 0 Å². The van der Waals surface area contributed by atoms with Crippen LogP contribution in [0.1, 0.15) is 44.2 Å². The van der Waals surface area contributed by atoms with Gasteiger partial charge in [0.15, 0.2) is 0 Å². The van der Waals surface area contributed by atoms with E-state index < -0.39 is 4.71 Å². The van der Waals surface area contributed by atoms with Gasteiger partial charge >= 0.3 is 207 Å². The van der Waals surface area contributed by atoms with Crippen LogP contribution in [-0.2, 0) is 12.8 Å². The number of aryl methyl sites for hydroxylation is 2. The van der Waals surface area contributed by atoms with Gasteiger partial charge in [-0.2, -0.15) is 0 Å². The fraction of sp³-hybridized carbons (Fsp3) is 0.478. The third-order valence-corrected chi connectivity index (χ3v) is 19.2. The van der Waals surface area contributed by atoms with E-state index in [1.54, 1.807) is 0 Å². The number of rotatable bonds is 13. The number of benzene rings is 2.